The fourth-order valence-corrected chi connectivity index (χ4v) is 3.01. The number of hydrogen-bond donors (Lipinski definition) is 4. The van der Waals surface area contributed by atoms with Crippen LogP contribution in [-0.4, -0.2) is 49.6 Å². The molecular weight excluding hydrogens is 360 g/mol. The van der Waals surface area contributed by atoms with Crippen LogP contribution in [0.3, 0.4) is 0 Å². The van der Waals surface area contributed by atoms with E-state index in [-0.39, 0.29) is 64.1 Å². The van der Waals surface area contributed by atoms with Gasteiger partial charge in [-0.1, -0.05) is 0 Å². The Labute approximate surface area is 161 Å². The summed E-state index contributed by atoms with van der Waals surface area (Å²) in [6.07, 6.45) is 0. The summed E-state index contributed by atoms with van der Waals surface area (Å²) in [5.41, 5.74) is 12.0. The minimum absolute atomic E-state index is 0.136. The fourth-order valence-electron chi connectivity index (χ4n) is 3.01. The first-order valence-electron chi connectivity index (χ1n) is 8.82. The number of rotatable bonds is 6. The van der Waals surface area contributed by atoms with Gasteiger partial charge in [-0.25, -0.2) is 0 Å². The van der Waals surface area contributed by atoms with Crippen molar-refractivity contribution in [3.63, 3.8) is 0 Å². The van der Waals surface area contributed by atoms with E-state index in [0.717, 1.165) is 0 Å². The second kappa shape index (κ2) is 8.12. The predicted octanol–water partition coefficient (Wildman–Crippen LogP) is -0.161. The van der Waals surface area contributed by atoms with Crippen molar-refractivity contribution in [2.24, 2.45) is 11.5 Å². The average Bonchev–Trinajstić information content (AvgIpc) is 2.73. The lowest BCUT2D eigenvalue weighted by atomic mass is 9.82. The van der Waals surface area contributed by atoms with Crippen LogP contribution in [0.5, 0.6) is 0 Å². The van der Waals surface area contributed by atoms with Gasteiger partial charge in [0.2, 0.25) is 0 Å². The van der Waals surface area contributed by atoms with Gasteiger partial charge in [0.1, 0.15) is 0 Å². The Balaban J connectivity index is 1.98. The largest absolute Gasteiger partial charge is 0.351 e. The van der Waals surface area contributed by atoms with Crippen LogP contribution in [0.4, 0.5) is 0 Å². The third-order valence-electron chi connectivity index (χ3n) is 4.40. The van der Waals surface area contributed by atoms with Crippen LogP contribution in [0.2, 0.25) is 0 Å². The number of ketones is 2. The molecule has 6 N–H and O–H groups in total. The van der Waals surface area contributed by atoms with Crippen LogP contribution in [0.1, 0.15) is 52.6 Å². The molecule has 0 spiro atoms. The highest BCUT2D eigenvalue weighted by molar-refractivity contribution is 6.29. The fraction of sp³-hybridized carbons (Fsp3) is 0.200. The normalized spacial score (nSPS) is 12.2. The summed E-state index contributed by atoms with van der Waals surface area (Å²) in [6.45, 7) is 1.17. The molecule has 0 aromatic heterocycles. The molecule has 3 rings (SSSR count). The second-order valence-corrected chi connectivity index (χ2v) is 6.27. The van der Waals surface area contributed by atoms with E-state index in [1.54, 1.807) is 0 Å². The predicted molar refractivity (Wildman–Crippen MR) is 103 cm³/mol. The van der Waals surface area contributed by atoms with E-state index in [1.165, 1.54) is 36.4 Å². The van der Waals surface area contributed by atoms with Gasteiger partial charge in [0.25, 0.3) is 11.8 Å². The molecule has 28 heavy (non-hydrogen) atoms. The molecule has 0 aliphatic heterocycles. The summed E-state index contributed by atoms with van der Waals surface area (Å²) < 4.78 is 0. The second-order valence-electron chi connectivity index (χ2n) is 6.27. The molecule has 0 saturated heterocycles. The Hall–Kier alpha value is -3.36. The molecule has 144 valence electrons. The lowest BCUT2D eigenvalue weighted by Gasteiger charge is -2.19. The Kier molecular flexibility index (Phi) is 5.62. The van der Waals surface area contributed by atoms with Crippen molar-refractivity contribution < 1.29 is 19.2 Å². The molecule has 0 heterocycles. The molecule has 0 atom stereocenters. The van der Waals surface area contributed by atoms with Gasteiger partial charge in [-0.05, 0) is 36.4 Å². The molecule has 1 aliphatic rings. The number of carbonyl (C=O) groups excluding carboxylic acids is 4. The first-order chi connectivity index (χ1) is 13.5. The van der Waals surface area contributed by atoms with Gasteiger partial charge >= 0.3 is 0 Å². The molecule has 8 nitrogen and oxygen atoms in total. The molecule has 0 bridgehead atoms. The van der Waals surface area contributed by atoms with Gasteiger partial charge in [0, 0.05) is 59.6 Å². The number of fused-ring (bicyclic) bond motifs is 2. The van der Waals surface area contributed by atoms with E-state index in [9.17, 15) is 19.2 Å². The number of nitrogens with one attached hydrogen (secondary N) is 2. The highest BCUT2D eigenvalue weighted by atomic mass is 16.2. The van der Waals surface area contributed by atoms with Gasteiger partial charge in [-0.15, -0.1) is 0 Å². The molecule has 0 unspecified atom stereocenters. The maximum atomic E-state index is 13.0. The maximum Gasteiger partial charge on any atom is 0.251 e. The molecule has 2 aromatic rings. The van der Waals surface area contributed by atoms with Crippen LogP contribution in [0.15, 0.2) is 36.4 Å². The van der Waals surface area contributed by atoms with E-state index < -0.39 is 5.78 Å². The van der Waals surface area contributed by atoms with Crippen LogP contribution >= 0.6 is 0 Å². The van der Waals surface area contributed by atoms with Crippen LogP contribution in [0, 0.1) is 0 Å². The van der Waals surface area contributed by atoms with Crippen molar-refractivity contribution in [3.05, 3.63) is 69.8 Å². The maximum absolute atomic E-state index is 13.0. The van der Waals surface area contributed by atoms with E-state index >= 15 is 0 Å². The summed E-state index contributed by atoms with van der Waals surface area (Å²) in [7, 11) is 0. The van der Waals surface area contributed by atoms with Gasteiger partial charge in [0.15, 0.2) is 11.6 Å². The van der Waals surface area contributed by atoms with Crippen LogP contribution in [0.25, 0.3) is 0 Å². The molecule has 0 fully saturated rings. The molecular formula is C20H20N4O4. The Morgan fingerprint density at radius 3 is 1.46 bits per heavy atom. The average molecular weight is 380 g/mol. The standard InChI is InChI=1S/C20H20N4O4/c21-5-7-23-19(27)11-1-3-13-15(9-11)18(26)16-10-12(20(28)24-8-6-22)2-4-14(16)17(13)25/h1-4,9-10H,5-8,21-22H2,(H,23,27)(H,24,28). The summed E-state index contributed by atoms with van der Waals surface area (Å²) in [6, 6.07) is 8.72. The highest BCUT2D eigenvalue weighted by Gasteiger charge is 2.31. The summed E-state index contributed by atoms with van der Waals surface area (Å²) >= 11 is 0. The molecule has 0 radical (unpaired) electrons. The summed E-state index contributed by atoms with van der Waals surface area (Å²) in [4.78, 5) is 50.0. The SMILES string of the molecule is NCCNC(=O)c1ccc2c(c1)C(=O)c1cc(C(=O)NCCN)ccc1C2=O. The van der Waals surface area contributed by atoms with E-state index in [0.29, 0.717) is 13.1 Å². The van der Waals surface area contributed by atoms with Crippen LogP contribution < -0.4 is 22.1 Å². The lowest BCUT2D eigenvalue weighted by Crippen LogP contribution is -2.30. The zero-order chi connectivity index (χ0) is 20.3. The van der Waals surface area contributed by atoms with E-state index in [1.807, 2.05) is 0 Å². The zero-order valence-corrected chi connectivity index (χ0v) is 15.1. The van der Waals surface area contributed by atoms with Crippen molar-refractivity contribution in [1.82, 2.24) is 10.6 Å². The molecule has 0 saturated carbocycles. The Bertz CT molecular complexity index is 909. The summed E-state index contributed by atoms with van der Waals surface area (Å²) in [5, 5.41) is 5.24. The minimum Gasteiger partial charge on any atom is -0.351 e. The quantitative estimate of drug-likeness (QED) is 0.468. The van der Waals surface area contributed by atoms with E-state index in [4.69, 9.17) is 11.5 Å². The van der Waals surface area contributed by atoms with Crippen molar-refractivity contribution >= 4 is 23.4 Å². The number of carbonyl (C=O) groups is 4. The van der Waals surface area contributed by atoms with Crippen molar-refractivity contribution in [1.29, 1.82) is 0 Å². The van der Waals surface area contributed by atoms with Crippen molar-refractivity contribution in [2.45, 2.75) is 0 Å². The zero-order valence-electron chi connectivity index (χ0n) is 15.1. The van der Waals surface area contributed by atoms with Crippen molar-refractivity contribution in [2.75, 3.05) is 26.2 Å². The van der Waals surface area contributed by atoms with Crippen molar-refractivity contribution in [3.8, 4) is 0 Å². The third kappa shape index (κ3) is 3.55. The smallest absolute Gasteiger partial charge is 0.251 e. The molecule has 2 aromatic carbocycles. The molecule has 1 aliphatic carbocycles. The number of benzene rings is 2. The molecule has 2 amide bonds. The minimum atomic E-state index is -0.411. The third-order valence-corrected chi connectivity index (χ3v) is 4.40. The van der Waals surface area contributed by atoms with E-state index in [2.05, 4.69) is 10.6 Å². The van der Waals surface area contributed by atoms with Gasteiger partial charge in [-0.3, -0.25) is 19.2 Å². The Morgan fingerprint density at radius 1 is 0.679 bits per heavy atom. The van der Waals surface area contributed by atoms with Gasteiger partial charge < -0.3 is 22.1 Å². The van der Waals surface area contributed by atoms with Gasteiger partial charge in [-0.2, -0.15) is 0 Å². The highest BCUT2D eigenvalue weighted by Crippen LogP contribution is 2.28. The Morgan fingerprint density at radius 2 is 1.07 bits per heavy atom. The lowest BCUT2D eigenvalue weighted by molar-refractivity contribution is 0.0946. The number of nitrogens with two attached hydrogens (primary N) is 2. The van der Waals surface area contributed by atoms with Gasteiger partial charge in [0.05, 0.1) is 0 Å². The van der Waals surface area contributed by atoms with Crippen LogP contribution in [-0.2, 0) is 0 Å². The first-order valence-corrected chi connectivity index (χ1v) is 8.82. The first kappa shape index (κ1) is 19.4. The topological polar surface area (TPSA) is 144 Å². The number of hydrogen-bond acceptors (Lipinski definition) is 6. The summed E-state index contributed by atoms with van der Waals surface area (Å²) in [5.74, 6) is -1.50. The molecule has 8 heteroatoms. The monoisotopic (exact) mass is 380 g/mol. The number of amides is 2.